The molecular formula is C35H37N3O5S. The Balaban J connectivity index is 1.33. The lowest BCUT2D eigenvalue weighted by Gasteiger charge is -2.21. The third-order valence-corrected chi connectivity index (χ3v) is 9.25. The van der Waals surface area contributed by atoms with E-state index in [1.807, 2.05) is 63.2 Å². The van der Waals surface area contributed by atoms with E-state index in [2.05, 4.69) is 27.6 Å². The van der Waals surface area contributed by atoms with Gasteiger partial charge in [0.1, 0.15) is 0 Å². The molecule has 1 aromatic heterocycles. The molecule has 5 rings (SSSR count). The number of amides is 1. The number of carbonyl (C=O) groups excluding carboxylic acids is 2. The van der Waals surface area contributed by atoms with E-state index in [0.717, 1.165) is 33.9 Å². The first-order chi connectivity index (χ1) is 20.8. The number of rotatable bonds is 8. The van der Waals surface area contributed by atoms with E-state index in [-0.39, 0.29) is 21.6 Å². The van der Waals surface area contributed by atoms with Crippen molar-refractivity contribution >= 4 is 55.1 Å². The van der Waals surface area contributed by atoms with Gasteiger partial charge in [-0.1, -0.05) is 63.2 Å². The Bertz CT molecular complexity index is 2000. The van der Waals surface area contributed by atoms with Crippen LogP contribution in [0.2, 0.25) is 0 Å². The Labute approximate surface area is 258 Å². The van der Waals surface area contributed by atoms with E-state index in [9.17, 15) is 18.0 Å². The Morgan fingerprint density at radius 3 is 2.30 bits per heavy atom. The number of nitrogens with zero attached hydrogens (tertiary/aromatic N) is 1. The van der Waals surface area contributed by atoms with Gasteiger partial charge in [0.05, 0.1) is 16.1 Å². The van der Waals surface area contributed by atoms with Crippen molar-refractivity contribution < 1.29 is 22.7 Å². The number of para-hydroxylation sites is 2. The topological polar surface area (TPSA) is 106 Å². The number of aryl methyl sites for hydroxylation is 2. The van der Waals surface area contributed by atoms with Crippen LogP contribution in [0.5, 0.6) is 0 Å². The molecule has 5 aromatic rings. The average molecular weight is 612 g/mol. The van der Waals surface area contributed by atoms with E-state index >= 15 is 0 Å². The van der Waals surface area contributed by atoms with Gasteiger partial charge in [0, 0.05) is 34.0 Å². The van der Waals surface area contributed by atoms with Crippen LogP contribution in [-0.2, 0) is 31.5 Å². The zero-order chi connectivity index (χ0) is 31.8. The van der Waals surface area contributed by atoms with Crippen LogP contribution >= 0.6 is 0 Å². The minimum atomic E-state index is -4.04. The maximum Gasteiger partial charge on any atom is 0.341 e. The standard InChI is InChI=1S/C35H37N3O5S/c1-7-38-30-15-11-9-12-26(30)28-21-25(18-19-31(28)38)36-33(39)23(3)43-34(40)27-13-8-10-14-29(27)37-44(41,42)32-20-24(35(4,5)6)17-16-22(32)2/h8-21,23,37H,7H2,1-6H3,(H,36,39)/t23-/m1/s1. The number of benzene rings is 4. The lowest BCUT2D eigenvalue weighted by molar-refractivity contribution is -0.123. The summed E-state index contributed by atoms with van der Waals surface area (Å²) in [5.41, 5.74) is 3.99. The van der Waals surface area contributed by atoms with Crippen molar-refractivity contribution in [1.29, 1.82) is 0 Å². The summed E-state index contributed by atoms with van der Waals surface area (Å²) in [6, 6.07) is 25.3. The molecule has 44 heavy (non-hydrogen) atoms. The molecule has 0 fully saturated rings. The van der Waals surface area contributed by atoms with Crippen molar-refractivity contribution in [2.24, 2.45) is 0 Å². The Kier molecular flexibility index (Phi) is 8.27. The number of carbonyl (C=O) groups is 2. The predicted octanol–water partition coefficient (Wildman–Crippen LogP) is 7.41. The zero-order valence-corrected chi connectivity index (χ0v) is 26.6. The largest absolute Gasteiger partial charge is 0.449 e. The van der Waals surface area contributed by atoms with Gasteiger partial charge in [-0.15, -0.1) is 0 Å². The van der Waals surface area contributed by atoms with Gasteiger partial charge in [-0.3, -0.25) is 9.52 Å². The third-order valence-electron chi connectivity index (χ3n) is 7.74. The first-order valence-corrected chi connectivity index (χ1v) is 16.0. The molecule has 0 aliphatic heterocycles. The smallest absolute Gasteiger partial charge is 0.341 e. The summed E-state index contributed by atoms with van der Waals surface area (Å²) < 4.78 is 37.2. The van der Waals surface area contributed by atoms with Crippen LogP contribution in [0.15, 0.2) is 89.8 Å². The van der Waals surface area contributed by atoms with Gasteiger partial charge in [0.2, 0.25) is 0 Å². The van der Waals surface area contributed by atoms with E-state index < -0.39 is 28.0 Å². The normalized spacial score (nSPS) is 12.7. The summed E-state index contributed by atoms with van der Waals surface area (Å²) in [5, 5.41) is 4.94. The average Bonchev–Trinajstić information content (AvgIpc) is 3.29. The van der Waals surface area contributed by atoms with Crippen LogP contribution in [0, 0.1) is 6.92 Å². The highest BCUT2D eigenvalue weighted by Gasteiger charge is 2.26. The molecule has 1 atom stereocenters. The molecule has 9 heteroatoms. The maximum absolute atomic E-state index is 13.5. The molecular weight excluding hydrogens is 574 g/mol. The van der Waals surface area contributed by atoms with Gasteiger partial charge in [-0.25, -0.2) is 13.2 Å². The molecule has 0 spiro atoms. The van der Waals surface area contributed by atoms with Gasteiger partial charge < -0.3 is 14.6 Å². The predicted molar refractivity (Wildman–Crippen MR) is 176 cm³/mol. The highest BCUT2D eigenvalue weighted by atomic mass is 32.2. The monoisotopic (exact) mass is 611 g/mol. The molecule has 4 aromatic carbocycles. The molecule has 0 aliphatic carbocycles. The first-order valence-electron chi connectivity index (χ1n) is 14.6. The summed E-state index contributed by atoms with van der Waals surface area (Å²) in [6.07, 6.45) is -1.15. The number of ether oxygens (including phenoxy) is 1. The van der Waals surface area contributed by atoms with Crippen LogP contribution in [0.1, 0.15) is 56.1 Å². The second-order valence-corrected chi connectivity index (χ2v) is 13.6. The summed E-state index contributed by atoms with van der Waals surface area (Å²) >= 11 is 0. The fourth-order valence-electron chi connectivity index (χ4n) is 5.30. The third kappa shape index (κ3) is 6.05. The number of nitrogens with one attached hydrogen (secondary N) is 2. The van der Waals surface area contributed by atoms with Crippen molar-refractivity contribution in [3.63, 3.8) is 0 Å². The van der Waals surface area contributed by atoms with Crippen LogP contribution < -0.4 is 10.0 Å². The van der Waals surface area contributed by atoms with E-state index in [1.54, 1.807) is 31.2 Å². The quantitative estimate of drug-likeness (QED) is 0.178. The van der Waals surface area contributed by atoms with Crippen molar-refractivity contribution in [2.45, 2.75) is 64.5 Å². The van der Waals surface area contributed by atoms with E-state index in [1.165, 1.54) is 19.1 Å². The van der Waals surface area contributed by atoms with Gasteiger partial charge in [0.25, 0.3) is 15.9 Å². The van der Waals surface area contributed by atoms with Crippen LogP contribution in [0.3, 0.4) is 0 Å². The molecule has 228 valence electrons. The number of fused-ring (bicyclic) bond motifs is 3. The first kappa shape index (κ1) is 30.8. The second kappa shape index (κ2) is 11.8. The highest BCUT2D eigenvalue weighted by Crippen LogP contribution is 2.32. The van der Waals surface area contributed by atoms with Crippen molar-refractivity contribution in [1.82, 2.24) is 4.57 Å². The molecule has 0 unspecified atom stereocenters. The molecule has 8 nitrogen and oxygen atoms in total. The molecule has 1 amide bonds. The van der Waals surface area contributed by atoms with Gasteiger partial charge in [0.15, 0.2) is 6.10 Å². The summed E-state index contributed by atoms with van der Waals surface area (Å²) in [4.78, 5) is 26.4. The minimum Gasteiger partial charge on any atom is -0.449 e. The van der Waals surface area contributed by atoms with E-state index in [0.29, 0.717) is 11.3 Å². The Hall–Kier alpha value is -4.63. The maximum atomic E-state index is 13.5. The van der Waals surface area contributed by atoms with Gasteiger partial charge in [-0.2, -0.15) is 0 Å². The summed E-state index contributed by atoms with van der Waals surface area (Å²) in [7, 11) is -4.04. The van der Waals surface area contributed by atoms with Crippen molar-refractivity contribution in [3.05, 3.63) is 102 Å². The number of sulfonamides is 1. The van der Waals surface area contributed by atoms with Crippen molar-refractivity contribution in [3.8, 4) is 0 Å². The Morgan fingerprint density at radius 1 is 0.886 bits per heavy atom. The second-order valence-electron chi connectivity index (χ2n) is 11.9. The van der Waals surface area contributed by atoms with Crippen LogP contribution in [0.25, 0.3) is 21.8 Å². The molecule has 1 heterocycles. The van der Waals surface area contributed by atoms with E-state index in [4.69, 9.17) is 4.74 Å². The minimum absolute atomic E-state index is 0.00542. The van der Waals surface area contributed by atoms with Crippen molar-refractivity contribution in [2.75, 3.05) is 10.0 Å². The number of hydrogen-bond acceptors (Lipinski definition) is 5. The fourth-order valence-corrected chi connectivity index (χ4v) is 6.65. The van der Waals surface area contributed by atoms with Crippen LogP contribution in [0.4, 0.5) is 11.4 Å². The zero-order valence-electron chi connectivity index (χ0n) is 25.8. The molecule has 2 N–H and O–H groups in total. The fraction of sp³-hybridized carbons (Fsp3) is 0.257. The summed E-state index contributed by atoms with van der Waals surface area (Å²) in [5.74, 6) is -1.34. The van der Waals surface area contributed by atoms with Gasteiger partial charge >= 0.3 is 5.97 Å². The number of anilines is 2. The number of esters is 1. The highest BCUT2D eigenvalue weighted by molar-refractivity contribution is 7.92. The number of hydrogen-bond donors (Lipinski definition) is 2. The molecule has 0 aliphatic rings. The molecule has 0 saturated heterocycles. The molecule has 0 radical (unpaired) electrons. The van der Waals surface area contributed by atoms with Gasteiger partial charge in [-0.05, 0) is 79.8 Å². The number of aromatic nitrogens is 1. The SMILES string of the molecule is CCn1c2ccccc2c2cc(NC(=O)[C@@H](C)OC(=O)c3ccccc3NS(=O)(=O)c3cc(C(C)(C)C)ccc3C)ccc21. The Morgan fingerprint density at radius 2 is 1.57 bits per heavy atom. The lowest BCUT2D eigenvalue weighted by atomic mass is 9.87. The van der Waals surface area contributed by atoms with Crippen LogP contribution in [-0.4, -0.2) is 31.0 Å². The molecule has 0 bridgehead atoms. The molecule has 0 saturated carbocycles. The lowest BCUT2D eigenvalue weighted by Crippen LogP contribution is -2.30. The summed E-state index contributed by atoms with van der Waals surface area (Å²) in [6.45, 7) is 12.1.